The van der Waals surface area contributed by atoms with Gasteiger partial charge in [-0.15, -0.1) is 0 Å². The van der Waals surface area contributed by atoms with Crippen LogP contribution in [0.1, 0.15) is 16.4 Å². The van der Waals surface area contributed by atoms with Crippen molar-refractivity contribution in [2.45, 2.75) is 11.7 Å². The van der Waals surface area contributed by atoms with Crippen molar-refractivity contribution >= 4 is 16.0 Å². The molecule has 0 bridgehead atoms. The van der Waals surface area contributed by atoms with Crippen LogP contribution in [0.5, 0.6) is 5.75 Å². The van der Waals surface area contributed by atoms with Gasteiger partial charge in [0.15, 0.2) is 6.61 Å². The van der Waals surface area contributed by atoms with Gasteiger partial charge < -0.3 is 18.4 Å². The first kappa shape index (κ1) is 17.6. The van der Waals surface area contributed by atoms with E-state index in [2.05, 4.69) is 10.1 Å². The summed E-state index contributed by atoms with van der Waals surface area (Å²) in [4.78, 5) is 16.0. The van der Waals surface area contributed by atoms with Gasteiger partial charge in [-0.05, 0) is 24.3 Å². The van der Waals surface area contributed by atoms with Crippen LogP contribution >= 0.6 is 0 Å². The molecule has 11 heteroatoms. The fraction of sp³-hybridized carbons (Fsp3) is 0.133. The maximum Gasteiger partial charge on any atom is 0.374 e. The predicted octanol–water partition coefficient (Wildman–Crippen LogP) is 1.34. The third kappa shape index (κ3) is 3.90. The summed E-state index contributed by atoms with van der Waals surface area (Å²) < 4.78 is 42.1. The van der Waals surface area contributed by atoms with Crippen molar-refractivity contribution in [3.8, 4) is 17.1 Å². The normalized spacial score (nSPS) is 11.3. The van der Waals surface area contributed by atoms with Gasteiger partial charge in [-0.2, -0.15) is 4.98 Å². The van der Waals surface area contributed by atoms with Crippen molar-refractivity contribution in [1.29, 1.82) is 0 Å². The monoisotopic (exact) mass is 379 g/mol. The lowest BCUT2D eigenvalue weighted by molar-refractivity contribution is 0.0388. The number of aromatic nitrogens is 2. The van der Waals surface area contributed by atoms with E-state index in [-0.39, 0.29) is 18.3 Å². The Morgan fingerprint density at radius 1 is 1.27 bits per heavy atom. The third-order valence-corrected chi connectivity index (χ3v) is 3.97. The molecule has 0 radical (unpaired) electrons. The van der Waals surface area contributed by atoms with Gasteiger partial charge >= 0.3 is 5.97 Å². The fourth-order valence-electron chi connectivity index (χ4n) is 1.97. The Balaban J connectivity index is 1.66. The molecular formula is C15H13N3O7S. The molecule has 0 saturated heterocycles. The second-order valence-electron chi connectivity index (χ2n) is 4.98. The van der Waals surface area contributed by atoms with Gasteiger partial charge in [-0.3, -0.25) is 0 Å². The quantitative estimate of drug-likeness (QED) is 0.626. The van der Waals surface area contributed by atoms with Crippen molar-refractivity contribution in [3.05, 3.63) is 48.0 Å². The van der Waals surface area contributed by atoms with Crippen LogP contribution < -0.4 is 9.88 Å². The number of carbonyl (C=O) groups excluding carboxylic acids is 1. The standard InChI is InChI=1S/C15H13N3O7S/c1-22-10-4-2-3-9(7-10)14-17-12(25-18-14)8-23-15(19)11-5-6-13(24-11)26(16,20)21/h2-7H,8H2,1H3,(H2,16,20,21). The van der Waals surface area contributed by atoms with E-state index in [1.165, 1.54) is 7.11 Å². The Morgan fingerprint density at radius 2 is 2.08 bits per heavy atom. The number of hydrogen-bond acceptors (Lipinski definition) is 9. The number of furan rings is 1. The molecule has 0 aliphatic heterocycles. The molecule has 0 fully saturated rings. The summed E-state index contributed by atoms with van der Waals surface area (Å²) in [5.41, 5.74) is 0.662. The Kier molecular flexibility index (Phi) is 4.73. The van der Waals surface area contributed by atoms with Crippen LogP contribution in [-0.2, 0) is 21.4 Å². The van der Waals surface area contributed by atoms with Crippen LogP contribution in [-0.4, -0.2) is 31.6 Å². The zero-order valence-electron chi connectivity index (χ0n) is 13.4. The van der Waals surface area contributed by atoms with Gasteiger partial charge in [0.1, 0.15) is 5.75 Å². The summed E-state index contributed by atoms with van der Waals surface area (Å²) in [5.74, 6) is -0.245. The molecule has 3 aromatic rings. The fourth-order valence-corrected chi connectivity index (χ4v) is 2.44. The molecule has 1 aromatic carbocycles. The average Bonchev–Trinajstić information content (AvgIpc) is 3.29. The molecule has 2 heterocycles. The van der Waals surface area contributed by atoms with Crippen molar-refractivity contribution in [1.82, 2.24) is 10.1 Å². The van der Waals surface area contributed by atoms with E-state index in [0.717, 1.165) is 12.1 Å². The number of benzene rings is 1. The molecule has 26 heavy (non-hydrogen) atoms. The summed E-state index contributed by atoms with van der Waals surface area (Å²) in [6.45, 7) is -0.318. The van der Waals surface area contributed by atoms with Crippen LogP contribution in [0.2, 0.25) is 0 Å². The molecule has 0 saturated carbocycles. The van der Waals surface area contributed by atoms with E-state index >= 15 is 0 Å². The number of sulfonamides is 1. The van der Waals surface area contributed by atoms with Gasteiger partial charge in [0, 0.05) is 5.56 Å². The minimum absolute atomic E-state index is 0.0504. The van der Waals surface area contributed by atoms with Gasteiger partial charge in [0.2, 0.25) is 16.7 Å². The second kappa shape index (κ2) is 6.98. The second-order valence-corrected chi connectivity index (χ2v) is 6.48. The zero-order valence-corrected chi connectivity index (χ0v) is 14.2. The first-order valence-corrected chi connectivity index (χ1v) is 8.68. The molecule has 0 aliphatic carbocycles. The van der Waals surface area contributed by atoms with E-state index < -0.39 is 21.1 Å². The summed E-state index contributed by atoms with van der Waals surface area (Å²) >= 11 is 0. The number of primary sulfonamides is 1. The van der Waals surface area contributed by atoms with Crippen LogP contribution in [0.4, 0.5) is 0 Å². The molecule has 136 valence electrons. The number of ether oxygens (including phenoxy) is 2. The number of nitrogens with two attached hydrogens (primary N) is 1. The molecule has 10 nitrogen and oxygen atoms in total. The lowest BCUT2D eigenvalue weighted by atomic mass is 10.2. The first-order chi connectivity index (χ1) is 12.4. The zero-order chi connectivity index (χ0) is 18.7. The summed E-state index contributed by atoms with van der Waals surface area (Å²) in [6.07, 6.45) is 0. The molecule has 2 N–H and O–H groups in total. The highest BCUT2D eigenvalue weighted by atomic mass is 32.2. The van der Waals surface area contributed by atoms with Gasteiger partial charge in [-0.25, -0.2) is 18.4 Å². The molecule has 3 rings (SSSR count). The number of carbonyl (C=O) groups is 1. The van der Waals surface area contributed by atoms with E-state index in [0.29, 0.717) is 17.1 Å². The van der Waals surface area contributed by atoms with E-state index in [9.17, 15) is 13.2 Å². The Labute approximate surface area is 147 Å². The van der Waals surface area contributed by atoms with Crippen molar-refractivity contribution < 1.29 is 31.6 Å². The lowest BCUT2D eigenvalue weighted by Crippen LogP contribution is -2.11. The lowest BCUT2D eigenvalue weighted by Gasteiger charge is -2.00. The summed E-state index contributed by atoms with van der Waals surface area (Å²) in [6, 6.07) is 9.21. The average molecular weight is 379 g/mol. The molecule has 0 atom stereocenters. The van der Waals surface area contributed by atoms with Gasteiger partial charge in [0.25, 0.3) is 15.9 Å². The molecule has 0 unspecified atom stereocenters. The Hall–Kier alpha value is -3.18. The van der Waals surface area contributed by atoms with Crippen LogP contribution in [0.3, 0.4) is 0 Å². The molecule has 2 aromatic heterocycles. The number of nitrogens with zero attached hydrogens (tertiary/aromatic N) is 2. The number of hydrogen-bond donors (Lipinski definition) is 1. The highest BCUT2D eigenvalue weighted by Gasteiger charge is 2.19. The Morgan fingerprint density at radius 3 is 2.77 bits per heavy atom. The molecule has 0 aliphatic rings. The number of esters is 1. The molecule has 0 amide bonds. The maximum atomic E-state index is 11.9. The topological polar surface area (TPSA) is 148 Å². The van der Waals surface area contributed by atoms with Gasteiger partial charge in [-0.1, -0.05) is 17.3 Å². The van der Waals surface area contributed by atoms with E-state index in [4.69, 9.17) is 23.6 Å². The maximum absolute atomic E-state index is 11.9. The molecule has 0 spiro atoms. The molecular weight excluding hydrogens is 366 g/mol. The van der Waals surface area contributed by atoms with Crippen LogP contribution in [0, 0.1) is 0 Å². The van der Waals surface area contributed by atoms with Crippen molar-refractivity contribution in [2.75, 3.05) is 7.11 Å². The van der Waals surface area contributed by atoms with Crippen molar-refractivity contribution in [3.63, 3.8) is 0 Å². The number of methoxy groups -OCH3 is 1. The Bertz CT molecular complexity index is 1040. The smallest absolute Gasteiger partial charge is 0.374 e. The van der Waals surface area contributed by atoms with E-state index in [1.54, 1.807) is 24.3 Å². The SMILES string of the molecule is COc1cccc(-c2noc(COC(=O)c3ccc(S(N)(=O)=O)o3)n2)c1. The van der Waals surface area contributed by atoms with E-state index in [1.807, 2.05) is 0 Å². The summed E-state index contributed by atoms with van der Waals surface area (Å²) in [5, 5.41) is 8.16. The minimum Gasteiger partial charge on any atom is -0.497 e. The first-order valence-electron chi connectivity index (χ1n) is 7.13. The minimum atomic E-state index is -4.04. The highest BCUT2D eigenvalue weighted by Crippen LogP contribution is 2.21. The largest absolute Gasteiger partial charge is 0.497 e. The predicted molar refractivity (Wildman–Crippen MR) is 85.5 cm³/mol. The highest BCUT2D eigenvalue weighted by molar-refractivity contribution is 7.89. The summed E-state index contributed by atoms with van der Waals surface area (Å²) in [7, 11) is -2.50. The number of rotatable bonds is 6. The van der Waals surface area contributed by atoms with Crippen LogP contribution in [0.25, 0.3) is 11.4 Å². The third-order valence-electron chi connectivity index (χ3n) is 3.19. The van der Waals surface area contributed by atoms with Crippen LogP contribution in [0.15, 0.2) is 50.4 Å². The van der Waals surface area contributed by atoms with Crippen molar-refractivity contribution in [2.24, 2.45) is 5.14 Å². The van der Waals surface area contributed by atoms with Gasteiger partial charge in [0.05, 0.1) is 7.11 Å².